The van der Waals surface area contributed by atoms with E-state index in [1.54, 1.807) is 4.90 Å². The summed E-state index contributed by atoms with van der Waals surface area (Å²) in [6.07, 6.45) is 1.32. The molecule has 0 radical (unpaired) electrons. The van der Waals surface area contributed by atoms with E-state index in [0.717, 1.165) is 5.56 Å². The number of aryl methyl sites for hydroxylation is 1. The van der Waals surface area contributed by atoms with Crippen molar-refractivity contribution in [2.24, 2.45) is 0 Å². The number of carbonyl (C=O) groups is 2. The van der Waals surface area contributed by atoms with E-state index in [9.17, 15) is 19.8 Å². The number of benzene rings is 2. The summed E-state index contributed by atoms with van der Waals surface area (Å²) in [4.78, 5) is 26.6. The van der Waals surface area contributed by atoms with Crippen molar-refractivity contribution in [3.63, 3.8) is 0 Å². The molecule has 2 aromatic carbocycles. The fourth-order valence-corrected chi connectivity index (χ4v) is 3.18. The molecule has 136 valence electrons. The molecule has 0 atom stereocenters. The third kappa shape index (κ3) is 4.14. The van der Waals surface area contributed by atoms with Gasteiger partial charge in [0.2, 0.25) is 0 Å². The highest BCUT2D eigenvalue weighted by Gasteiger charge is 2.25. The first-order chi connectivity index (χ1) is 12.4. The van der Waals surface area contributed by atoms with E-state index in [1.807, 2.05) is 31.2 Å². The molecule has 2 aromatic rings. The van der Waals surface area contributed by atoms with Gasteiger partial charge in [0.05, 0.1) is 0 Å². The number of phenols is 2. The van der Waals surface area contributed by atoms with Gasteiger partial charge in [0.1, 0.15) is 11.5 Å². The van der Waals surface area contributed by atoms with Crippen LogP contribution >= 0.6 is 0 Å². The fourth-order valence-electron chi connectivity index (χ4n) is 3.18. The summed E-state index contributed by atoms with van der Waals surface area (Å²) in [5, 5.41) is 21.9. The molecule has 3 N–H and O–H groups in total. The standard InChI is InChI=1S/C20H22N2O4/c1-13-3-2-4-14(9-13)20(26)22-7-5-16(6-8-22)21-19(25)15-10-17(23)12-18(24)11-15/h2-4,9-12,16,23-24H,5-8H2,1H3,(H,21,25). The third-order valence-corrected chi connectivity index (χ3v) is 4.55. The Balaban J connectivity index is 1.56. The number of nitrogens with one attached hydrogen (secondary N) is 1. The predicted molar refractivity (Wildman–Crippen MR) is 97.3 cm³/mol. The van der Waals surface area contributed by atoms with E-state index < -0.39 is 0 Å². The zero-order valence-corrected chi connectivity index (χ0v) is 14.6. The summed E-state index contributed by atoms with van der Waals surface area (Å²) in [7, 11) is 0. The molecule has 0 unspecified atom stereocenters. The molecule has 0 aliphatic carbocycles. The fraction of sp³-hybridized carbons (Fsp3) is 0.300. The van der Waals surface area contributed by atoms with Gasteiger partial charge in [-0.05, 0) is 44.0 Å². The lowest BCUT2D eigenvalue weighted by molar-refractivity contribution is 0.0698. The maximum absolute atomic E-state index is 12.6. The van der Waals surface area contributed by atoms with Gasteiger partial charge in [0.15, 0.2) is 0 Å². The Morgan fingerprint density at radius 3 is 2.27 bits per heavy atom. The molecular formula is C20H22N2O4. The lowest BCUT2D eigenvalue weighted by Crippen LogP contribution is -2.46. The van der Waals surface area contributed by atoms with Crippen LogP contribution in [0.5, 0.6) is 11.5 Å². The van der Waals surface area contributed by atoms with Crippen molar-refractivity contribution < 1.29 is 19.8 Å². The minimum absolute atomic E-state index is 0.0105. The largest absolute Gasteiger partial charge is 0.508 e. The van der Waals surface area contributed by atoms with Gasteiger partial charge in [-0.2, -0.15) is 0 Å². The van der Waals surface area contributed by atoms with Crippen LogP contribution in [0.3, 0.4) is 0 Å². The summed E-state index contributed by atoms with van der Waals surface area (Å²) >= 11 is 0. The van der Waals surface area contributed by atoms with E-state index in [-0.39, 0.29) is 34.9 Å². The van der Waals surface area contributed by atoms with Crippen LogP contribution in [-0.2, 0) is 0 Å². The number of rotatable bonds is 3. The van der Waals surface area contributed by atoms with Crippen molar-refractivity contribution in [3.8, 4) is 11.5 Å². The molecule has 3 rings (SSSR count). The van der Waals surface area contributed by atoms with Crippen molar-refractivity contribution >= 4 is 11.8 Å². The first-order valence-electron chi connectivity index (χ1n) is 8.62. The predicted octanol–water partition coefficient (Wildman–Crippen LogP) is 2.44. The summed E-state index contributed by atoms with van der Waals surface area (Å²) in [5.41, 5.74) is 1.94. The minimum atomic E-state index is -0.348. The number of hydrogen-bond acceptors (Lipinski definition) is 4. The number of hydrogen-bond donors (Lipinski definition) is 3. The van der Waals surface area contributed by atoms with Gasteiger partial charge in [-0.1, -0.05) is 17.7 Å². The van der Waals surface area contributed by atoms with Gasteiger partial charge in [-0.15, -0.1) is 0 Å². The van der Waals surface area contributed by atoms with Gasteiger partial charge < -0.3 is 20.4 Å². The molecule has 0 bridgehead atoms. The van der Waals surface area contributed by atoms with Crippen molar-refractivity contribution in [1.82, 2.24) is 10.2 Å². The highest BCUT2D eigenvalue weighted by Crippen LogP contribution is 2.21. The van der Waals surface area contributed by atoms with Crippen LogP contribution < -0.4 is 5.32 Å². The third-order valence-electron chi connectivity index (χ3n) is 4.55. The SMILES string of the molecule is Cc1cccc(C(=O)N2CCC(NC(=O)c3cc(O)cc(O)c3)CC2)c1. The Hall–Kier alpha value is -3.02. The first kappa shape index (κ1) is 17.8. The number of phenolic OH excluding ortho intramolecular Hbond substituents is 2. The molecule has 1 aliphatic heterocycles. The minimum Gasteiger partial charge on any atom is -0.508 e. The van der Waals surface area contributed by atoms with Crippen molar-refractivity contribution in [1.29, 1.82) is 0 Å². The summed E-state index contributed by atoms with van der Waals surface area (Å²) in [5.74, 6) is -0.654. The Morgan fingerprint density at radius 1 is 1.00 bits per heavy atom. The van der Waals surface area contributed by atoms with E-state index in [0.29, 0.717) is 31.5 Å². The lowest BCUT2D eigenvalue weighted by Gasteiger charge is -2.32. The van der Waals surface area contributed by atoms with Crippen LogP contribution in [0.25, 0.3) is 0 Å². The van der Waals surface area contributed by atoms with Crippen molar-refractivity contribution in [2.75, 3.05) is 13.1 Å². The molecule has 6 heteroatoms. The molecule has 1 fully saturated rings. The Bertz CT molecular complexity index is 806. The zero-order chi connectivity index (χ0) is 18.7. The zero-order valence-electron chi connectivity index (χ0n) is 14.6. The molecule has 26 heavy (non-hydrogen) atoms. The van der Waals surface area contributed by atoms with Gasteiger partial charge in [0, 0.05) is 36.3 Å². The highest BCUT2D eigenvalue weighted by molar-refractivity contribution is 5.95. The van der Waals surface area contributed by atoms with Crippen molar-refractivity contribution in [3.05, 3.63) is 59.2 Å². The summed E-state index contributed by atoms with van der Waals surface area (Å²) in [6.45, 7) is 3.10. The van der Waals surface area contributed by atoms with Crippen LogP contribution in [0.4, 0.5) is 0 Å². The molecule has 0 aromatic heterocycles. The van der Waals surface area contributed by atoms with Crippen LogP contribution in [0.1, 0.15) is 39.1 Å². The van der Waals surface area contributed by atoms with Crippen LogP contribution in [-0.4, -0.2) is 46.1 Å². The smallest absolute Gasteiger partial charge is 0.253 e. The first-order valence-corrected chi connectivity index (χ1v) is 8.62. The van der Waals surface area contributed by atoms with Gasteiger partial charge in [-0.25, -0.2) is 0 Å². The van der Waals surface area contributed by atoms with E-state index in [2.05, 4.69) is 5.32 Å². The van der Waals surface area contributed by atoms with Crippen molar-refractivity contribution in [2.45, 2.75) is 25.8 Å². The van der Waals surface area contributed by atoms with Gasteiger partial charge >= 0.3 is 0 Å². The van der Waals surface area contributed by atoms with Crippen LogP contribution in [0.15, 0.2) is 42.5 Å². The second kappa shape index (κ2) is 7.47. The average Bonchev–Trinajstić information content (AvgIpc) is 2.61. The molecule has 1 saturated heterocycles. The van der Waals surface area contributed by atoms with E-state index in [4.69, 9.17) is 0 Å². The number of piperidine rings is 1. The summed E-state index contributed by atoms with van der Waals surface area (Å²) in [6, 6.07) is 11.3. The number of carbonyl (C=O) groups excluding carboxylic acids is 2. The average molecular weight is 354 g/mol. The second-order valence-electron chi connectivity index (χ2n) is 6.65. The van der Waals surface area contributed by atoms with Crippen LogP contribution in [0, 0.1) is 6.92 Å². The van der Waals surface area contributed by atoms with Crippen LogP contribution in [0.2, 0.25) is 0 Å². The Labute approximate surface area is 152 Å². The number of aromatic hydroxyl groups is 2. The molecular weight excluding hydrogens is 332 g/mol. The lowest BCUT2D eigenvalue weighted by atomic mass is 10.0. The quantitative estimate of drug-likeness (QED) is 0.790. The number of nitrogens with zero attached hydrogens (tertiary/aromatic N) is 1. The summed E-state index contributed by atoms with van der Waals surface area (Å²) < 4.78 is 0. The molecule has 0 spiro atoms. The Morgan fingerprint density at radius 2 is 1.65 bits per heavy atom. The number of likely N-dealkylation sites (tertiary alicyclic amines) is 1. The number of amides is 2. The molecule has 2 amide bonds. The Kier molecular flexibility index (Phi) is 5.11. The van der Waals surface area contributed by atoms with Gasteiger partial charge in [0.25, 0.3) is 11.8 Å². The van der Waals surface area contributed by atoms with E-state index >= 15 is 0 Å². The maximum Gasteiger partial charge on any atom is 0.253 e. The van der Waals surface area contributed by atoms with E-state index in [1.165, 1.54) is 18.2 Å². The molecule has 1 aliphatic rings. The monoisotopic (exact) mass is 354 g/mol. The topological polar surface area (TPSA) is 89.9 Å². The van der Waals surface area contributed by atoms with Gasteiger partial charge in [-0.3, -0.25) is 9.59 Å². The normalized spacial score (nSPS) is 14.9. The molecule has 1 heterocycles. The molecule has 6 nitrogen and oxygen atoms in total. The second-order valence-corrected chi connectivity index (χ2v) is 6.65. The molecule has 0 saturated carbocycles. The highest BCUT2D eigenvalue weighted by atomic mass is 16.3. The maximum atomic E-state index is 12.6.